The standard InChI is InChI=1S/C10H14BrN3OS/c1-12-9(15)7-2-4-14(5-3-7)10-13-8(11)6-16-10/h6-7H,2-5H2,1H3,(H,12,15). The molecule has 0 bridgehead atoms. The van der Waals surface area contributed by atoms with Crippen LogP contribution in [-0.2, 0) is 4.79 Å². The van der Waals surface area contributed by atoms with Crippen LogP contribution in [0.15, 0.2) is 9.98 Å². The monoisotopic (exact) mass is 303 g/mol. The molecule has 0 aliphatic carbocycles. The first-order valence-corrected chi connectivity index (χ1v) is 6.95. The summed E-state index contributed by atoms with van der Waals surface area (Å²) in [6.45, 7) is 1.83. The molecule has 1 N–H and O–H groups in total. The molecule has 0 unspecified atom stereocenters. The van der Waals surface area contributed by atoms with E-state index < -0.39 is 0 Å². The van der Waals surface area contributed by atoms with Crippen LogP contribution < -0.4 is 10.2 Å². The second kappa shape index (κ2) is 5.14. The minimum atomic E-state index is 0.167. The molecule has 1 saturated heterocycles. The summed E-state index contributed by atoms with van der Waals surface area (Å²) in [6.07, 6.45) is 1.83. The summed E-state index contributed by atoms with van der Waals surface area (Å²) >= 11 is 4.99. The molecule has 0 atom stereocenters. The average Bonchev–Trinajstić information content (AvgIpc) is 2.75. The minimum Gasteiger partial charge on any atom is -0.359 e. The summed E-state index contributed by atoms with van der Waals surface area (Å²) in [5.74, 6) is 0.338. The van der Waals surface area contributed by atoms with E-state index in [1.54, 1.807) is 18.4 Å². The fraction of sp³-hybridized carbons (Fsp3) is 0.600. The molecule has 88 valence electrons. The van der Waals surface area contributed by atoms with E-state index in [1.165, 1.54) is 0 Å². The number of halogens is 1. The van der Waals surface area contributed by atoms with Gasteiger partial charge in [0, 0.05) is 31.4 Å². The van der Waals surface area contributed by atoms with Gasteiger partial charge in [0.2, 0.25) is 5.91 Å². The molecule has 4 nitrogen and oxygen atoms in total. The third-order valence-corrected chi connectivity index (χ3v) is 4.46. The number of piperidine rings is 1. The molecule has 2 heterocycles. The Balaban J connectivity index is 1.92. The van der Waals surface area contributed by atoms with Gasteiger partial charge in [0.1, 0.15) is 4.60 Å². The molecular formula is C10H14BrN3OS. The first kappa shape index (κ1) is 11.9. The summed E-state index contributed by atoms with van der Waals surface area (Å²) in [5, 5.41) is 5.75. The molecule has 1 amide bonds. The number of hydrogen-bond donors (Lipinski definition) is 1. The lowest BCUT2D eigenvalue weighted by molar-refractivity contribution is -0.125. The maximum absolute atomic E-state index is 11.5. The molecule has 0 spiro atoms. The molecule has 1 aliphatic rings. The van der Waals surface area contributed by atoms with Crippen LogP contribution in [0.25, 0.3) is 0 Å². The van der Waals surface area contributed by atoms with Gasteiger partial charge in [-0.1, -0.05) is 0 Å². The number of anilines is 1. The van der Waals surface area contributed by atoms with Crippen LogP contribution in [0.5, 0.6) is 0 Å². The lowest BCUT2D eigenvalue weighted by Crippen LogP contribution is -2.39. The van der Waals surface area contributed by atoms with E-state index in [9.17, 15) is 4.79 Å². The topological polar surface area (TPSA) is 45.2 Å². The van der Waals surface area contributed by atoms with E-state index in [1.807, 2.05) is 5.38 Å². The van der Waals surface area contributed by atoms with Gasteiger partial charge in [-0.2, -0.15) is 0 Å². The Labute approximate surface area is 107 Å². The summed E-state index contributed by atoms with van der Waals surface area (Å²) in [7, 11) is 1.70. The third kappa shape index (κ3) is 2.55. The van der Waals surface area contributed by atoms with Crippen LogP contribution >= 0.6 is 27.3 Å². The van der Waals surface area contributed by atoms with Crippen molar-refractivity contribution < 1.29 is 4.79 Å². The first-order chi connectivity index (χ1) is 7.70. The van der Waals surface area contributed by atoms with E-state index in [0.717, 1.165) is 35.7 Å². The highest BCUT2D eigenvalue weighted by Crippen LogP contribution is 2.27. The molecule has 6 heteroatoms. The van der Waals surface area contributed by atoms with Crippen LogP contribution in [0.1, 0.15) is 12.8 Å². The Morgan fingerprint density at radius 2 is 2.31 bits per heavy atom. The molecule has 0 aromatic carbocycles. The van der Waals surface area contributed by atoms with Crippen molar-refractivity contribution in [1.82, 2.24) is 10.3 Å². The average molecular weight is 304 g/mol. The highest BCUT2D eigenvalue weighted by molar-refractivity contribution is 9.10. The smallest absolute Gasteiger partial charge is 0.222 e. The Morgan fingerprint density at radius 1 is 1.62 bits per heavy atom. The number of thiazole rings is 1. The van der Waals surface area contributed by atoms with Gasteiger partial charge in [-0.15, -0.1) is 11.3 Å². The first-order valence-electron chi connectivity index (χ1n) is 5.28. The molecule has 0 radical (unpaired) electrons. The molecule has 2 rings (SSSR count). The highest BCUT2D eigenvalue weighted by atomic mass is 79.9. The molecular weight excluding hydrogens is 290 g/mol. The second-order valence-electron chi connectivity index (χ2n) is 3.83. The molecule has 0 saturated carbocycles. The van der Waals surface area contributed by atoms with E-state index in [-0.39, 0.29) is 11.8 Å². The Hall–Kier alpha value is -0.620. The van der Waals surface area contributed by atoms with Crippen LogP contribution in [0.4, 0.5) is 5.13 Å². The van der Waals surface area contributed by atoms with Crippen LogP contribution in [0, 0.1) is 5.92 Å². The highest BCUT2D eigenvalue weighted by Gasteiger charge is 2.25. The van der Waals surface area contributed by atoms with Gasteiger partial charge < -0.3 is 10.2 Å². The lowest BCUT2D eigenvalue weighted by Gasteiger charge is -2.30. The van der Waals surface area contributed by atoms with Crippen molar-refractivity contribution in [1.29, 1.82) is 0 Å². The van der Waals surface area contributed by atoms with Crippen molar-refractivity contribution in [2.45, 2.75) is 12.8 Å². The zero-order valence-corrected chi connectivity index (χ0v) is 11.5. The van der Waals surface area contributed by atoms with Crippen molar-refractivity contribution in [2.24, 2.45) is 5.92 Å². The Kier molecular flexibility index (Phi) is 3.81. The normalized spacial score (nSPS) is 17.5. The fourth-order valence-corrected chi connectivity index (χ4v) is 3.23. The zero-order valence-electron chi connectivity index (χ0n) is 9.07. The van der Waals surface area contributed by atoms with Crippen LogP contribution in [0.2, 0.25) is 0 Å². The van der Waals surface area contributed by atoms with Gasteiger partial charge in [-0.3, -0.25) is 4.79 Å². The quantitative estimate of drug-likeness (QED) is 0.907. The van der Waals surface area contributed by atoms with Crippen molar-refractivity contribution in [3.05, 3.63) is 9.98 Å². The zero-order chi connectivity index (χ0) is 11.5. The summed E-state index contributed by atoms with van der Waals surface area (Å²) < 4.78 is 0.890. The predicted octanol–water partition coefficient (Wildman–Crippen LogP) is 1.87. The third-order valence-electron chi connectivity index (χ3n) is 2.85. The summed E-state index contributed by atoms with van der Waals surface area (Å²) in [5.41, 5.74) is 0. The van der Waals surface area contributed by atoms with Gasteiger partial charge in [0.25, 0.3) is 0 Å². The van der Waals surface area contributed by atoms with Crippen molar-refractivity contribution in [3.63, 3.8) is 0 Å². The van der Waals surface area contributed by atoms with Gasteiger partial charge in [-0.25, -0.2) is 4.98 Å². The number of nitrogens with zero attached hydrogens (tertiary/aromatic N) is 2. The number of aromatic nitrogens is 1. The SMILES string of the molecule is CNC(=O)C1CCN(c2nc(Br)cs2)CC1. The molecule has 1 aromatic rings. The maximum atomic E-state index is 11.5. The minimum absolute atomic E-state index is 0.167. The van der Waals surface area contributed by atoms with E-state index >= 15 is 0 Å². The summed E-state index contributed by atoms with van der Waals surface area (Å²) in [6, 6.07) is 0. The Bertz CT molecular complexity index is 374. The molecule has 1 aromatic heterocycles. The second-order valence-corrected chi connectivity index (χ2v) is 5.48. The summed E-state index contributed by atoms with van der Waals surface area (Å²) in [4.78, 5) is 18.1. The van der Waals surface area contributed by atoms with Gasteiger partial charge in [0.05, 0.1) is 0 Å². The largest absolute Gasteiger partial charge is 0.359 e. The number of nitrogens with one attached hydrogen (secondary N) is 1. The Morgan fingerprint density at radius 3 is 2.81 bits per heavy atom. The fourth-order valence-electron chi connectivity index (χ4n) is 1.93. The van der Waals surface area contributed by atoms with Crippen molar-refractivity contribution in [2.75, 3.05) is 25.0 Å². The van der Waals surface area contributed by atoms with Crippen LogP contribution in [0.3, 0.4) is 0 Å². The van der Waals surface area contributed by atoms with Gasteiger partial charge >= 0.3 is 0 Å². The van der Waals surface area contributed by atoms with E-state index in [2.05, 4.69) is 31.1 Å². The van der Waals surface area contributed by atoms with E-state index in [0.29, 0.717) is 0 Å². The van der Waals surface area contributed by atoms with E-state index in [4.69, 9.17) is 0 Å². The number of hydrogen-bond acceptors (Lipinski definition) is 4. The molecule has 16 heavy (non-hydrogen) atoms. The van der Waals surface area contributed by atoms with Gasteiger partial charge in [-0.05, 0) is 28.8 Å². The van der Waals surface area contributed by atoms with Crippen molar-refractivity contribution >= 4 is 38.3 Å². The number of rotatable bonds is 2. The number of carbonyl (C=O) groups is 1. The van der Waals surface area contributed by atoms with Gasteiger partial charge in [0.15, 0.2) is 5.13 Å². The lowest BCUT2D eigenvalue weighted by atomic mass is 9.96. The molecule has 1 aliphatic heterocycles. The van der Waals surface area contributed by atoms with Crippen LogP contribution in [-0.4, -0.2) is 31.0 Å². The maximum Gasteiger partial charge on any atom is 0.222 e. The predicted molar refractivity (Wildman–Crippen MR) is 68.8 cm³/mol. The van der Waals surface area contributed by atoms with Crippen molar-refractivity contribution in [3.8, 4) is 0 Å². The molecule has 1 fully saturated rings. The number of amides is 1. The number of carbonyl (C=O) groups excluding carboxylic acids is 1.